The highest BCUT2D eigenvalue weighted by Gasteiger charge is 2.58. The van der Waals surface area contributed by atoms with E-state index in [0.717, 1.165) is 0 Å². The maximum Gasteiger partial charge on any atom is 0.422 e. The van der Waals surface area contributed by atoms with E-state index in [1.807, 2.05) is 0 Å². The van der Waals surface area contributed by atoms with E-state index in [2.05, 4.69) is 0 Å². The number of hydrogen-bond donors (Lipinski definition) is 3. The van der Waals surface area contributed by atoms with Crippen LogP contribution in [0.2, 0.25) is 0 Å². The predicted molar refractivity (Wildman–Crippen MR) is 53.1 cm³/mol. The van der Waals surface area contributed by atoms with E-state index in [9.17, 15) is 22.8 Å². The van der Waals surface area contributed by atoms with Gasteiger partial charge in [0.15, 0.2) is 0 Å². The third kappa shape index (κ3) is 3.58. The van der Waals surface area contributed by atoms with Crippen LogP contribution in [0.3, 0.4) is 0 Å². The molecule has 0 aliphatic carbocycles. The summed E-state index contributed by atoms with van der Waals surface area (Å²) in [7, 11) is 0. The van der Waals surface area contributed by atoms with Gasteiger partial charge in [-0.1, -0.05) is 13.3 Å². The Balaban J connectivity index is 4.92. The molecule has 0 aliphatic rings. The largest absolute Gasteiger partial charge is 0.479 e. The zero-order valence-corrected chi connectivity index (χ0v) is 9.47. The van der Waals surface area contributed by atoms with Gasteiger partial charge in [0.2, 0.25) is 11.4 Å². The van der Waals surface area contributed by atoms with Gasteiger partial charge in [-0.3, -0.25) is 4.79 Å². The molecule has 0 aromatic rings. The minimum atomic E-state index is -5.10. The molecule has 0 aliphatic heterocycles. The van der Waals surface area contributed by atoms with Crippen molar-refractivity contribution in [1.82, 2.24) is 5.32 Å². The number of halogens is 3. The van der Waals surface area contributed by atoms with E-state index in [-0.39, 0.29) is 6.42 Å². The molecule has 2 atom stereocenters. The number of rotatable bonds is 5. The number of carboxylic acid groups (broad SMARTS) is 1. The zero-order chi connectivity index (χ0) is 13.9. The highest BCUT2D eigenvalue weighted by molar-refractivity contribution is 5.89. The number of nitrogens with one attached hydrogen (secondary N) is 1. The number of alkyl halides is 3. The highest BCUT2D eigenvalue weighted by atomic mass is 19.4. The lowest BCUT2D eigenvalue weighted by Gasteiger charge is -2.29. The summed E-state index contributed by atoms with van der Waals surface area (Å²) in [5, 5.41) is 9.98. The first-order chi connectivity index (χ1) is 7.56. The molecule has 4 N–H and O–H groups in total. The van der Waals surface area contributed by atoms with Crippen molar-refractivity contribution >= 4 is 11.9 Å². The van der Waals surface area contributed by atoms with Crippen molar-refractivity contribution in [3.05, 3.63) is 0 Å². The fraction of sp³-hybridized carbons (Fsp3) is 0.778. The standard InChI is InChI=1S/C9H15F3N2O3/c1-3-4-5(13)6(15)14-8(2,7(16)17)9(10,11)12/h5H,3-4,13H2,1-2H3,(H,14,15)(H,16,17)/t5-,8?/m1/s1. The third-order valence-corrected chi connectivity index (χ3v) is 2.30. The van der Waals surface area contributed by atoms with Gasteiger partial charge in [-0.15, -0.1) is 0 Å². The highest BCUT2D eigenvalue weighted by Crippen LogP contribution is 2.30. The molecule has 0 heterocycles. The van der Waals surface area contributed by atoms with Gasteiger partial charge in [-0.2, -0.15) is 13.2 Å². The second kappa shape index (κ2) is 5.35. The molecule has 0 saturated carbocycles. The molecule has 0 fully saturated rings. The Bertz CT molecular complexity index is 306. The molecule has 5 nitrogen and oxygen atoms in total. The minimum Gasteiger partial charge on any atom is -0.479 e. The van der Waals surface area contributed by atoms with Crippen molar-refractivity contribution in [2.45, 2.75) is 44.4 Å². The molecule has 0 rings (SSSR count). The van der Waals surface area contributed by atoms with Crippen molar-refractivity contribution in [2.24, 2.45) is 5.73 Å². The summed E-state index contributed by atoms with van der Waals surface area (Å²) in [6, 6.07) is -1.15. The van der Waals surface area contributed by atoms with Gasteiger partial charge in [0.25, 0.3) is 0 Å². The van der Waals surface area contributed by atoms with Gasteiger partial charge in [0, 0.05) is 0 Å². The number of carboxylic acids is 1. The molecule has 8 heteroatoms. The van der Waals surface area contributed by atoms with Crippen LogP contribution >= 0.6 is 0 Å². The lowest BCUT2D eigenvalue weighted by Crippen LogP contribution is -2.64. The average molecular weight is 256 g/mol. The summed E-state index contributed by atoms with van der Waals surface area (Å²) in [5.74, 6) is -3.31. The SMILES string of the molecule is CCC[C@@H](N)C(=O)NC(C)(C(=O)O)C(F)(F)F. The fourth-order valence-electron chi connectivity index (χ4n) is 1.03. The van der Waals surface area contributed by atoms with Crippen LogP contribution in [-0.2, 0) is 9.59 Å². The smallest absolute Gasteiger partial charge is 0.422 e. The van der Waals surface area contributed by atoms with Gasteiger partial charge in [0.05, 0.1) is 6.04 Å². The van der Waals surface area contributed by atoms with E-state index in [0.29, 0.717) is 13.3 Å². The molecule has 17 heavy (non-hydrogen) atoms. The molecule has 100 valence electrons. The van der Waals surface area contributed by atoms with Crippen LogP contribution in [0.15, 0.2) is 0 Å². The van der Waals surface area contributed by atoms with Crippen molar-refractivity contribution in [2.75, 3.05) is 0 Å². The van der Waals surface area contributed by atoms with Crippen LogP contribution in [0.4, 0.5) is 13.2 Å². The van der Waals surface area contributed by atoms with Gasteiger partial charge >= 0.3 is 12.1 Å². The molecule has 0 bridgehead atoms. The molecule has 0 spiro atoms. The second-order valence-corrected chi connectivity index (χ2v) is 3.81. The van der Waals surface area contributed by atoms with Crippen molar-refractivity contribution in [3.8, 4) is 0 Å². The maximum absolute atomic E-state index is 12.5. The van der Waals surface area contributed by atoms with Gasteiger partial charge in [0.1, 0.15) is 0 Å². The quantitative estimate of drug-likeness (QED) is 0.672. The Morgan fingerprint density at radius 1 is 1.41 bits per heavy atom. The van der Waals surface area contributed by atoms with E-state index in [1.165, 1.54) is 5.32 Å². The molecule has 0 radical (unpaired) electrons. The van der Waals surface area contributed by atoms with Gasteiger partial charge < -0.3 is 16.2 Å². The summed E-state index contributed by atoms with van der Waals surface area (Å²) in [4.78, 5) is 21.9. The second-order valence-electron chi connectivity index (χ2n) is 3.81. The first kappa shape index (κ1) is 15.7. The molecule has 1 unspecified atom stereocenters. The number of amides is 1. The number of nitrogens with two attached hydrogens (primary N) is 1. The lowest BCUT2D eigenvalue weighted by atomic mass is 10.0. The van der Waals surface area contributed by atoms with E-state index >= 15 is 0 Å². The number of carbonyl (C=O) groups is 2. The monoisotopic (exact) mass is 256 g/mol. The van der Waals surface area contributed by atoms with E-state index < -0.39 is 29.6 Å². The minimum absolute atomic E-state index is 0.180. The molecular formula is C9H15F3N2O3. The van der Waals surface area contributed by atoms with Crippen LogP contribution < -0.4 is 11.1 Å². The van der Waals surface area contributed by atoms with E-state index in [4.69, 9.17) is 10.8 Å². The Labute approximate surface area is 96.2 Å². The molecule has 1 amide bonds. The van der Waals surface area contributed by atoms with Crippen LogP contribution in [0.5, 0.6) is 0 Å². The fourth-order valence-corrected chi connectivity index (χ4v) is 1.03. The third-order valence-electron chi connectivity index (χ3n) is 2.30. The van der Waals surface area contributed by atoms with Crippen LogP contribution in [0.1, 0.15) is 26.7 Å². The summed E-state index contributed by atoms with van der Waals surface area (Å²) in [6.07, 6.45) is -4.41. The zero-order valence-electron chi connectivity index (χ0n) is 9.47. The summed E-state index contributed by atoms with van der Waals surface area (Å²) < 4.78 is 37.6. The van der Waals surface area contributed by atoms with Crippen molar-refractivity contribution in [3.63, 3.8) is 0 Å². The predicted octanol–water partition coefficient (Wildman–Crippen LogP) is 0.636. The normalized spacial score (nSPS) is 17.1. The van der Waals surface area contributed by atoms with Gasteiger partial charge in [-0.05, 0) is 13.3 Å². The Morgan fingerprint density at radius 2 is 1.88 bits per heavy atom. The average Bonchev–Trinajstić information content (AvgIpc) is 2.15. The Morgan fingerprint density at radius 3 is 2.18 bits per heavy atom. The summed E-state index contributed by atoms with van der Waals surface area (Å²) in [5.41, 5.74) is 1.98. The molecule has 0 saturated heterocycles. The first-order valence-electron chi connectivity index (χ1n) is 4.94. The summed E-state index contributed by atoms with van der Waals surface area (Å²) >= 11 is 0. The van der Waals surface area contributed by atoms with Crippen LogP contribution in [0.25, 0.3) is 0 Å². The first-order valence-corrected chi connectivity index (χ1v) is 4.94. The maximum atomic E-state index is 12.5. The molecule has 0 aromatic carbocycles. The van der Waals surface area contributed by atoms with Crippen LogP contribution in [0, 0.1) is 0 Å². The number of aliphatic carboxylic acids is 1. The van der Waals surface area contributed by atoms with Crippen LogP contribution in [-0.4, -0.2) is 34.7 Å². The topological polar surface area (TPSA) is 92.4 Å². The summed E-state index contributed by atoms with van der Waals surface area (Å²) in [6.45, 7) is 2.08. The van der Waals surface area contributed by atoms with Crippen molar-refractivity contribution < 1.29 is 27.9 Å². The molecule has 0 aromatic heterocycles. The Hall–Kier alpha value is -1.31. The lowest BCUT2D eigenvalue weighted by molar-refractivity contribution is -0.207. The Kier molecular flexibility index (Phi) is 4.94. The molecular weight excluding hydrogens is 241 g/mol. The van der Waals surface area contributed by atoms with Crippen molar-refractivity contribution in [1.29, 1.82) is 0 Å². The number of carbonyl (C=O) groups excluding carboxylic acids is 1. The van der Waals surface area contributed by atoms with E-state index in [1.54, 1.807) is 6.92 Å². The number of hydrogen-bond acceptors (Lipinski definition) is 3. The van der Waals surface area contributed by atoms with Gasteiger partial charge in [-0.25, -0.2) is 4.79 Å².